The lowest BCUT2D eigenvalue weighted by Crippen LogP contribution is -2.70. The minimum absolute atomic E-state index is 0.0262. The number of nitrogens with one attached hydrogen (secondary N) is 3. The average Bonchev–Trinajstić information content (AvgIpc) is 3.42. The van der Waals surface area contributed by atoms with E-state index in [1.807, 2.05) is 0 Å². The summed E-state index contributed by atoms with van der Waals surface area (Å²) >= 11 is 2.61. The molecule has 1 aliphatic carbocycles. The molecule has 12 nitrogen and oxygen atoms in total. The van der Waals surface area contributed by atoms with Crippen molar-refractivity contribution in [2.24, 2.45) is 5.92 Å². The van der Waals surface area contributed by atoms with Gasteiger partial charge in [0.05, 0.1) is 17.3 Å². The molecular formula is C22H21N7O5S2. The van der Waals surface area contributed by atoms with Gasteiger partial charge in [-0.05, 0) is 36.3 Å². The van der Waals surface area contributed by atoms with Crippen LogP contribution in [0, 0.1) is 5.92 Å². The van der Waals surface area contributed by atoms with E-state index in [0.717, 1.165) is 18.4 Å². The summed E-state index contributed by atoms with van der Waals surface area (Å²) in [7, 11) is 0. The van der Waals surface area contributed by atoms with E-state index in [2.05, 4.69) is 30.8 Å². The number of β-lactam (4-membered cyclic amide) rings is 1. The van der Waals surface area contributed by atoms with E-state index in [1.54, 1.807) is 6.20 Å². The minimum Gasteiger partial charge on any atom is -0.477 e. The maximum Gasteiger partial charge on any atom is 0.352 e. The average molecular weight is 528 g/mol. The fourth-order valence-electron chi connectivity index (χ4n) is 4.86. The quantitative estimate of drug-likeness (QED) is 0.171. The van der Waals surface area contributed by atoms with E-state index < -0.39 is 23.3 Å². The Balaban J connectivity index is 1.19. The predicted molar refractivity (Wildman–Crippen MR) is 129 cm³/mol. The molecule has 4 aliphatic rings. The Morgan fingerprint density at radius 2 is 2.11 bits per heavy atom. The zero-order valence-corrected chi connectivity index (χ0v) is 20.4. The second-order valence-corrected chi connectivity index (χ2v) is 10.9. The highest BCUT2D eigenvalue weighted by Gasteiger charge is 2.55. The van der Waals surface area contributed by atoms with Crippen LogP contribution in [0.2, 0.25) is 0 Å². The number of thioether (sulfide) groups is 2. The lowest BCUT2D eigenvalue weighted by atomic mass is 9.91. The number of rotatable bonds is 7. The highest BCUT2D eigenvalue weighted by Crippen LogP contribution is 2.49. The molecule has 6 rings (SSSR count). The number of carboxylic acids is 1. The van der Waals surface area contributed by atoms with Crippen LogP contribution in [0.25, 0.3) is 11.0 Å². The van der Waals surface area contributed by atoms with Gasteiger partial charge in [0.25, 0.3) is 5.91 Å². The molecule has 4 N–H and O–H groups in total. The number of allylic oxidation sites excluding steroid dienone is 1. The van der Waals surface area contributed by atoms with Crippen molar-refractivity contribution in [1.29, 1.82) is 0 Å². The second kappa shape index (κ2) is 8.92. The van der Waals surface area contributed by atoms with Gasteiger partial charge >= 0.3 is 5.97 Å². The van der Waals surface area contributed by atoms with Gasteiger partial charge in [0.15, 0.2) is 5.65 Å². The standard InChI is InChI=1S/C22H21N7O5S2/c30-13(7-35-19-11-5-26-28-17(11)24-8-25-19)27-15-20(32)29-16(22(33)34)12(6-36-21(15)29)14(9-1-2-9)10-3-4-23-18(10)31/h5,8-9,15,21H,1-4,6-7H2,(H,23,31)(H,27,30)(H,33,34)(H,24,25,26,28)/t15-,21-/m1/s1. The van der Waals surface area contributed by atoms with Gasteiger partial charge in [0.1, 0.15) is 28.5 Å². The summed E-state index contributed by atoms with van der Waals surface area (Å²) in [6, 6.07) is -0.815. The van der Waals surface area contributed by atoms with Crippen LogP contribution in [0.5, 0.6) is 0 Å². The van der Waals surface area contributed by atoms with Crippen LogP contribution in [0.1, 0.15) is 19.3 Å². The molecule has 36 heavy (non-hydrogen) atoms. The zero-order chi connectivity index (χ0) is 25.0. The first kappa shape index (κ1) is 23.0. The topological polar surface area (TPSA) is 170 Å². The van der Waals surface area contributed by atoms with Gasteiger partial charge in [-0.15, -0.1) is 11.8 Å². The Kier molecular flexibility index (Phi) is 5.71. The van der Waals surface area contributed by atoms with E-state index in [-0.39, 0.29) is 29.2 Å². The van der Waals surface area contributed by atoms with Crippen molar-refractivity contribution in [2.45, 2.75) is 35.7 Å². The molecule has 2 saturated heterocycles. The van der Waals surface area contributed by atoms with Crippen molar-refractivity contribution >= 4 is 58.2 Å². The van der Waals surface area contributed by atoms with Crippen molar-refractivity contribution in [3.63, 3.8) is 0 Å². The molecule has 3 fully saturated rings. The summed E-state index contributed by atoms with van der Waals surface area (Å²) in [6.45, 7) is 0.533. The molecule has 3 aliphatic heterocycles. The molecule has 0 bridgehead atoms. The number of carboxylic acid groups (broad SMARTS) is 1. The van der Waals surface area contributed by atoms with Gasteiger partial charge in [0.2, 0.25) is 11.8 Å². The molecule has 2 aromatic heterocycles. The second-order valence-electron chi connectivity index (χ2n) is 8.86. The Morgan fingerprint density at radius 3 is 2.83 bits per heavy atom. The maximum atomic E-state index is 13.1. The van der Waals surface area contributed by atoms with Crippen LogP contribution in [0.4, 0.5) is 0 Å². The van der Waals surface area contributed by atoms with E-state index in [1.165, 1.54) is 34.8 Å². The monoisotopic (exact) mass is 527 g/mol. The van der Waals surface area contributed by atoms with Crippen LogP contribution in [-0.4, -0.2) is 83.3 Å². The third kappa shape index (κ3) is 3.84. The highest BCUT2D eigenvalue weighted by molar-refractivity contribution is 8.00. The van der Waals surface area contributed by atoms with Crippen molar-refractivity contribution < 1.29 is 24.3 Å². The van der Waals surface area contributed by atoms with Crippen molar-refractivity contribution in [1.82, 2.24) is 35.7 Å². The van der Waals surface area contributed by atoms with Gasteiger partial charge in [-0.2, -0.15) is 5.10 Å². The van der Waals surface area contributed by atoms with E-state index in [9.17, 15) is 24.3 Å². The fraction of sp³-hybridized carbons (Fsp3) is 0.409. The molecule has 0 aromatic carbocycles. The minimum atomic E-state index is -1.20. The van der Waals surface area contributed by atoms with Crippen LogP contribution in [0.3, 0.4) is 0 Å². The molecule has 5 heterocycles. The van der Waals surface area contributed by atoms with Crippen molar-refractivity contribution in [3.8, 4) is 0 Å². The van der Waals surface area contributed by atoms with Gasteiger partial charge in [-0.25, -0.2) is 14.8 Å². The molecule has 14 heteroatoms. The number of nitrogens with zero attached hydrogens (tertiary/aromatic N) is 4. The molecule has 0 spiro atoms. The number of aromatic nitrogens is 4. The lowest BCUT2D eigenvalue weighted by molar-refractivity contribution is -0.150. The molecular weight excluding hydrogens is 506 g/mol. The first-order chi connectivity index (χ1) is 17.4. The Morgan fingerprint density at radius 1 is 1.28 bits per heavy atom. The number of carbonyl (C=O) groups excluding carboxylic acids is 3. The first-order valence-corrected chi connectivity index (χ1v) is 13.5. The highest BCUT2D eigenvalue weighted by atomic mass is 32.2. The Bertz CT molecular complexity index is 1380. The predicted octanol–water partition coefficient (Wildman–Crippen LogP) is 0.410. The summed E-state index contributed by atoms with van der Waals surface area (Å²) in [5, 5.41) is 23.1. The van der Waals surface area contributed by atoms with Crippen LogP contribution >= 0.6 is 23.5 Å². The summed E-state index contributed by atoms with van der Waals surface area (Å²) in [5.41, 5.74) is 2.48. The molecule has 186 valence electrons. The van der Waals surface area contributed by atoms with Crippen molar-refractivity contribution in [2.75, 3.05) is 18.1 Å². The summed E-state index contributed by atoms with van der Waals surface area (Å²) < 4.78 is 0. The van der Waals surface area contributed by atoms with Gasteiger partial charge < -0.3 is 15.7 Å². The molecule has 3 amide bonds. The molecule has 1 saturated carbocycles. The molecule has 2 aromatic rings. The number of aromatic amines is 1. The first-order valence-electron chi connectivity index (χ1n) is 11.4. The smallest absolute Gasteiger partial charge is 0.352 e. The van der Waals surface area contributed by atoms with Crippen LogP contribution in [0.15, 0.2) is 40.0 Å². The number of H-pyrrole nitrogens is 1. The number of fused-ring (bicyclic) bond motifs is 2. The number of aliphatic carboxylic acids is 1. The van der Waals surface area contributed by atoms with Gasteiger partial charge in [0, 0.05) is 17.9 Å². The fourth-order valence-corrected chi connectivity index (χ4v) is 7.00. The lowest BCUT2D eigenvalue weighted by Gasteiger charge is -2.49. The number of carbonyl (C=O) groups is 4. The van der Waals surface area contributed by atoms with E-state index in [4.69, 9.17) is 0 Å². The molecule has 2 atom stereocenters. The Labute approximate surface area is 212 Å². The van der Waals surface area contributed by atoms with E-state index >= 15 is 0 Å². The summed E-state index contributed by atoms with van der Waals surface area (Å²) in [6.07, 6.45) is 5.32. The number of amides is 3. The molecule has 0 unspecified atom stereocenters. The van der Waals surface area contributed by atoms with Gasteiger partial charge in [-0.3, -0.25) is 24.4 Å². The van der Waals surface area contributed by atoms with Gasteiger partial charge in [-0.1, -0.05) is 11.8 Å². The third-order valence-corrected chi connectivity index (χ3v) is 8.89. The Hall–Kier alpha value is -3.39. The van der Waals surface area contributed by atoms with Crippen molar-refractivity contribution in [3.05, 3.63) is 34.9 Å². The largest absolute Gasteiger partial charge is 0.477 e. The van der Waals surface area contributed by atoms with Crippen LogP contribution in [-0.2, 0) is 19.2 Å². The summed E-state index contributed by atoms with van der Waals surface area (Å²) in [5.74, 6) is -1.64. The SMILES string of the molecule is O=C(CSc1ncnc2[nH]ncc12)N[C@@H]1C(=O)N2C(C(=O)O)=C(C(=C3CCNC3=O)C3CC3)CS[C@H]12. The zero-order valence-electron chi connectivity index (χ0n) is 18.8. The number of hydrogen-bond donors (Lipinski definition) is 4. The summed E-state index contributed by atoms with van der Waals surface area (Å²) in [4.78, 5) is 59.9. The van der Waals surface area contributed by atoms with Crippen LogP contribution < -0.4 is 10.6 Å². The third-order valence-electron chi connectivity index (χ3n) is 6.61. The number of hydrogen-bond acceptors (Lipinski definition) is 9. The van der Waals surface area contributed by atoms with E-state index in [0.29, 0.717) is 45.9 Å². The normalized spacial score (nSPS) is 24.9. The maximum absolute atomic E-state index is 13.1. The molecule has 0 radical (unpaired) electrons.